The van der Waals surface area contributed by atoms with Crippen molar-refractivity contribution < 1.29 is 8.42 Å². The van der Waals surface area contributed by atoms with Crippen LogP contribution in [0.4, 0.5) is 11.4 Å². The highest BCUT2D eigenvalue weighted by Gasteiger charge is 2.20. The maximum atomic E-state index is 12.5. The van der Waals surface area contributed by atoms with E-state index in [0.29, 0.717) is 27.4 Å². The summed E-state index contributed by atoms with van der Waals surface area (Å²) in [6.45, 7) is 2.49. The summed E-state index contributed by atoms with van der Waals surface area (Å²) in [4.78, 5) is 3.96. The van der Waals surface area contributed by atoms with Crippen LogP contribution in [0.5, 0.6) is 0 Å². The minimum Gasteiger partial charge on any atom is -0.384 e. The highest BCUT2D eigenvalue weighted by molar-refractivity contribution is 9.10. The maximum Gasteiger partial charge on any atom is 0.265 e. The molecule has 0 aliphatic carbocycles. The number of halogens is 2. The number of anilines is 2. The molecule has 0 spiro atoms. The van der Waals surface area contributed by atoms with Crippen molar-refractivity contribution in [3.8, 4) is 0 Å². The molecule has 0 bridgehead atoms. The third kappa shape index (κ3) is 3.66. The number of hydrogen-bond acceptors (Lipinski definition) is 4. The number of benzene rings is 1. The fraction of sp³-hybridized carbons (Fsp3) is 0.154. The van der Waals surface area contributed by atoms with Crippen LogP contribution in [0.1, 0.15) is 6.92 Å². The van der Waals surface area contributed by atoms with Crippen LogP contribution in [0, 0.1) is 0 Å². The van der Waals surface area contributed by atoms with Crippen LogP contribution in [0.15, 0.2) is 46.0 Å². The Balaban J connectivity index is 2.41. The normalized spacial score (nSPS) is 11.2. The van der Waals surface area contributed by atoms with Gasteiger partial charge in [0.25, 0.3) is 10.0 Å². The number of sulfonamides is 1. The van der Waals surface area contributed by atoms with E-state index in [1.807, 2.05) is 6.92 Å². The molecule has 2 N–H and O–H groups in total. The summed E-state index contributed by atoms with van der Waals surface area (Å²) in [5.41, 5.74) is 0.868. The summed E-state index contributed by atoms with van der Waals surface area (Å²) >= 11 is 9.23. The largest absolute Gasteiger partial charge is 0.384 e. The Hall–Kier alpha value is -1.31. The molecular formula is C13H13BrClN3O2S. The predicted molar refractivity (Wildman–Crippen MR) is 88.4 cm³/mol. The molecule has 0 fully saturated rings. The van der Waals surface area contributed by atoms with Gasteiger partial charge < -0.3 is 5.32 Å². The van der Waals surface area contributed by atoms with Crippen LogP contribution in [0.2, 0.25) is 5.02 Å². The molecule has 0 unspecified atom stereocenters. The van der Waals surface area contributed by atoms with Crippen molar-refractivity contribution >= 4 is 48.9 Å². The van der Waals surface area contributed by atoms with Crippen LogP contribution in [0.3, 0.4) is 0 Å². The minimum atomic E-state index is -3.77. The second kappa shape index (κ2) is 6.64. The van der Waals surface area contributed by atoms with Crippen molar-refractivity contribution in [1.29, 1.82) is 0 Å². The number of nitrogens with zero attached hydrogens (tertiary/aromatic N) is 1. The Bertz CT molecular complexity index is 753. The van der Waals surface area contributed by atoms with Gasteiger partial charge in [0, 0.05) is 18.9 Å². The van der Waals surface area contributed by atoms with Gasteiger partial charge in [0.2, 0.25) is 0 Å². The average Bonchev–Trinajstić information content (AvgIpc) is 2.44. The van der Waals surface area contributed by atoms with Crippen LogP contribution in [-0.4, -0.2) is 19.9 Å². The van der Waals surface area contributed by atoms with Gasteiger partial charge in [-0.3, -0.25) is 9.71 Å². The molecule has 21 heavy (non-hydrogen) atoms. The highest BCUT2D eigenvalue weighted by atomic mass is 79.9. The van der Waals surface area contributed by atoms with Gasteiger partial charge in [0.15, 0.2) is 0 Å². The lowest BCUT2D eigenvalue weighted by atomic mass is 10.3. The molecule has 1 aromatic heterocycles. The van der Waals surface area contributed by atoms with Crippen molar-refractivity contribution in [2.75, 3.05) is 16.6 Å². The summed E-state index contributed by atoms with van der Waals surface area (Å²) in [6.07, 6.45) is 2.84. The molecule has 8 heteroatoms. The Kier molecular flexibility index (Phi) is 5.08. The fourth-order valence-corrected chi connectivity index (χ4v) is 3.58. The monoisotopic (exact) mass is 389 g/mol. The summed E-state index contributed by atoms with van der Waals surface area (Å²) in [5.74, 6) is 0. The molecule has 0 saturated carbocycles. The van der Waals surface area contributed by atoms with E-state index in [1.54, 1.807) is 24.3 Å². The van der Waals surface area contributed by atoms with Crippen LogP contribution in [-0.2, 0) is 10.0 Å². The first-order chi connectivity index (χ1) is 9.95. The number of pyridine rings is 1. The Labute approximate surface area is 136 Å². The Morgan fingerprint density at radius 3 is 2.76 bits per heavy atom. The standard InChI is InChI=1S/C13H13BrClN3O2S/c1-2-17-10-6-7-16-8-12(10)21(19,20)18-11-5-3-4-9(15)13(11)14/h3-8,18H,2H2,1H3,(H,16,17). The SMILES string of the molecule is CCNc1ccncc1S(=O)(=O)Nc1cccc(Cl)c1Br. The van der Waals surface area contributed by atoms with Gasteiger partial charge in [-0.1, -0.05) is 17.7 Å². The van der Waals surface area contributed by atoms with Gasteiger partial charge in [-0.2, -0.15) is 0 Å². The van der Waals surface area contributed by atoms with Gasteiger partial charge >= 0.3 is 0 Å². The topological polar surface area (TPSA) is 71.1 Å². The lowest BCUT2D eigenvalue weighted by Gasteiger charge is -2.13. The molecule has 0 aliphatic rings. The second-order valence-corrected chi connectivity index (χ2v) is 6.96. The molecule has 0 atom stereocenters. The molecule has 2 rings (SSSR count). The molecule has 112 valence electrons. The van der Waals surface area contributed by atoms with Crippen molar-refractivity contribution in [2.45, 2.75) is 11.8 Å². The highest BCUT2D eigenvalue weighted by Crippen LogP contribution is 2.32. The Morgan fingerprint density at radius 2 is 2.05 bits per heavy atom. The van der Waals surface area contributed by atoms with Crippen molar-refractivity contribution in [1.82, 2.24) is 4.98 Å². The lowest BCUT2D eigenvalue weighted by Crippen LogP contribution is -2.16. The molecule has 1 heterocycles. The molecule has 0 saturated heterocycles. The van der Waals surface area contributed by atoms with E-state index in [1.165, 1.54) is 12.4 Å². The minimum absolute atomic E-state index is 0.0822. The van der Waals surface area contributed by atoms with Crippen molar-refractivity contribution in [2.24, 2.45) is 0 Å². The first-order valence-electron chi connectivity index (χ1n) is 6.10. The fourth-order valence-electron chi connectivity index (χ4n) is 1.71. The van der Waals surface area contributed by atoms with Gasteiger partial charge in [0.05, 0.1) is 20.9 Å². The van der Waals surface area contributed by atoms with Crippen molar-refractivity contribution in [3.05, 3.63) is 46.2 Å². The number of hydrogen-bond donors (Lipinski definition) is 2. The van der Waals surface area contributed by atoms with E-state index in [2.05, 4.69) is 31.0 Å². The zero-order valence-electron chi connectivity index (χ0n) is 11.1. The molecule has 2 aromatic rings. The smallest absolute Gasteiger partial charge is 0.265 e. The van der Waals surface area contributed by atoms with Gasteiger partial charge in [0.1, 0.15) is 4.90 Å². The molecular weight excluding hydrogens is 378 g/mol. The third-order valence-corrected chi connectivity index (χ3v) is 5.43. The molecule has 5 nitrogen and oxygen atoms in total. The first kappa shape index (κ1) is 16.1. The van der Waals surface area contributed by atoms with Gasteiger partial charge in [-0.25, -0.2) is 8.42 Å². The predicted octanol–water partition coefficient (Wildman–Crippen LogP) is 3.73. The maximum absolute atomic E-state index is 12.5. The van der Waals surface area contributed by atoms with Crippen LogP contribution in [0.25, 0.3) is 0 Å². The Morgan fingerprint density at radius 1 is 1.29 bits per heavy atom. The van der Waals surface area contributed by atoms with Crippen LogP contribution >= 0.6 is 27.5 Å². The van der Waals surface area contributed by atoms with Crippen molar-refractivity contribution in [3.63, 3.8) is 0 Å². The zero-order valence-corrected chi connectivity index (χ0v) is 14.3. The number of rotatable bonds is 5. The first-order valence-corrected chi connectivity index (χ1v) is 8.76. The summed E-state index contributed by atoms with van der Waals surface area (Å²) in [6, 6.07) is 6.57. The van der Waals surface area contributed by atoms with E-state index < -0.39 is 10.0 Å². The second-order valence-electron chi connectivity index (χ2n) is 4.11. The van der Waals surface area contributed by atoms with Gasteiger partial charge in [-0.05, 0) is 41.1 Å². The summed E-state index contributed by atoms with van der Waals surface area (Å²) in [7, 11) is -3.77. The van der Waals surface area contributed by atoms with E-state index in [-0.39, 0.29) is 4.90 Å². The van der Waals surface area contributed by atoms with E-state index in [4.69, 9.17) is 11.6 Å². The number of nitrogens with one attached hydrogen (secondary N) is 2. The molecule has 0 amide bonds. The summed E-state index contributed by atoms with van der Waals surface area (Å²) in [5, 5.41) is 3.42. The van der Waals surface area contributed by atoms with E-state index >= 15 is 0 Å². The van der Waals surface area contributed by atoms with Gasteiger partial charge in [-0.15, -0.1) is 0 Å². The summed E-state index contributed by atoms with van der Waals surface area (Å²) < 4.78 is 28.0. The third-order valence-electron chi connectivity index (χ3n) is 2.64. The number of aromatic nitrogens is 1. The van der Waals surface area contributed by atoms with E-state index in [0.717, 1.165) is 0 Å². The quantitative estimate of drug-likeness (QED) is 0.816. The average molecular weight is 391 g/mol. The van der Waals surface area contributed by atoms with E-state index in [9.17, 15) is 8.42 Å². The van der Waals surface area contributed by atoms with Crippen LogP contribution < -0.4 is 10.0 Å². The zero-order chi connectivity index (χ0) is 15.5. The molecule has 0 radical (unpaired) electrons. The molecule has 1 aromatic carbocycles. The molecule has 0 aliphatic heterocycles. The lowest BCUT2D eigenvalue weighted by molar-refractivity contribution is 0.601.